The Balaban J connectivity index is 1.40. The van der Waals surface area contributed by atoms with Crippen molar-refractivity contribution in [1.82, 2.24) is 10.2 Å². The Labute approximate surface area is 258 Å². The van der Waals surface area contributed by atoms with E-state index in [2.05, 4.69) is 10.2 Å². The van der Waals surface area contributed by atoms with E-state index in [-0.39, 0.29) is 21.8 Å². The lowest BCUT2D eigenvalue weighted by atomic mass is 9.94. The minimum atomic E-state index is -1.06. The Morgan fingerprint density at radius 1 is 1.05 bits per heavy atom. The molecule has 0 unspecified atom stereocenters. The average Bonchev–Trinajstić information content (AvgIpc) is 3.61. The van der Waals surface area contributed by atoms with Crippen molar-refractivity contribution < 1.29 is 33.7 Å². The molecule has 1 fully saturated rings. The SMILES string of the molecule is COC(=O)c1ccc([C@@H]2/C(=C(\O)c3ccc4c(c3)OCCO4)C(=O)C(=O)N2c2nnc(SCc3ccccc3Cl)s2)cc1. The van der Waals surface area contributed by atoms with E-state index in [1.807, 2.05) is 18.2 Å². The number of rotatable bonds is 7. The number of benzene rings is 3. The molecular weight excluding hydrogens is 614 g/mol. The van der Waals surface area contributed by atoms with Gasteiger partial charge in [0, 0.05) is 16.3 Å². The second kappa shape index (κ2) is 12.1. The average molecular weight is 636 g/mol. The van der Waals surface area contributed by atoms with Crippen LogP contribution >= 0.6 is 34.7 Å². The Kier molecular flexibility index (Phi) is 8.06. The molecule has 0 radical (unpaired) electrons. The summed E-state index contributed by atoms with van der Waals surface area (Å²) in [4.78, 5) is 40.4. The van der Waals surface area contributed by atoms with Crippen LogP contribution in [0.5, 0.6) is 11.5 Å². The summed E-state index contributed by atoms with van der Waals surface area (Å²) >= 11 is 8.81. The summed E-state index contributed by atoms with van der Waals surface area (Å²) in [6.45, 7) is 0.730. The number of hydrogen-bond donors (Lipinski definition) is 1. The quantitative estimate of drug-likeness (QED) is 0.0677. The monoisotopic (exact) mass is 635 g/mol. The van der Waals surface area contributed by atoms with Crippen LogP contribution < -0.4 is 14.4 Å². The predicted octanol–water partition coefficient (Wildman–Crippen LogP) is 5.67. The van der Waals surface area contributed by atoms with Gasteiger partial charge in [-0.3, -0.25) is 14.5 Å². The lowest BCUT2D eigenvalue weighted by molar-refractivity contribution is -0.132. The van der Waals surface area contributed by atoms with Gasteiger partial charge in [0.2, 0.25) is 5.13 Å². The van der Waals surface area contributed by atoms with Gasteiger partial charge >= 0.3 is 11.9 Å². The van der Waals surface area contributed by atoms with Crippen LogP contribution in [0, 0.1) is 0 Å². The van der Waals surface area contributed by atoms with E-state index in [4.69, 9.17) is 25.8 Å². The number of esters is 1. The maximum atomic E-state index is 13.6. The van der Waals surface area contributed by atoms with Crippen molar-refractivity contribution in [3.05, 3.63) is 99.6 Å². The number of hydrogen-bond acceptors (Lipinski definition) is 11. The molecule has 6 rings (SSSR count). The summed E-state index contributed by atoms with van der Waals surface area (Å²) in [5.41, 5.74) is 1.78. The summed E-state index contributed by atoms with van der Waals surface area (Å²) in [6, 6.07) is 17.4. The summed E-state index contributed by atoms with van der Waals surface area (Å²) in [5.74, 6) is -1.26. The molecule has 0 saturated carbocycles. The van der Waals surface area contributed by atoms with E-state index in [1.54, 1.807) is 36.4 Å². The number of methoxy groups -OCH3 is 1. The third-order valence-corrected chi connectivity index (χ3v) is 9.29. The van der Waals surface area contributed by atoms with Gasteiger partial charge in [0.1, 0.15) is 19.0 Å². The Morgan fingerprint density at radius 3 is 2.51 bits per heavy atom. The highest BCUT2D eigenvalue weighted by Crippen LogP contribution is 2.45. The van der Waals surface area contributed by atoms with Gasteiger partial charge in [-0.2, -0.15) is 0 Å². The fraction of sp³-hybridized carbons (Fsp3) is 0.167. The lowest BCUT2D eigenvalue weighted by Crippen LogP contribution is -2.29. The van der Waals surface area contributed by atoms with Crippen LogP contribution in [-0.2, 0) is 20.1 Å². The van der Waals surface area contributed by atoms with Gasteiger partial charge in [-0.05, 0) is 47.5 Å². The number of nitrogens with zero attached hydrogens (tertiary/aromatic N) is 3. The molecule has 3 aromatic carbocycles. The van der Waals surface area contributed by atoms with Gasteiger partial charge in [0.15, 0.2) is 15.8 Å². The first-order valence-electron chi connectivity index (χ1n) is 12.9. The van der Waals surface area contributed by atoms with E-state index in [0.717, 1.165) is 16.9 Å². The van der Waals surface area contributed by atoms with Crippen LogP contribution in [0.2, 0.25) is 5.02 Å². The van der Waals surface area contributed by atoms with Gasteiger partial charge in [-0.25, -0.2) is 4.79 Å². The van der Waals surface area contributed by atoms with Crippen molar-refractivity contribution in [2.45, 2.75) is 16.1 Å². The van der Waals surface area contributed by atoms with Gasteiger partial charge < -0.3 is 19.3 Å². The van der Waals surface area contributed by atoms with Crippen LogP contribution in [0.4, 0.5) is 5.13 Å². The minimum absolute atomic E-state index is 0.145. The number of ether oxygens (including phenoxy) is 3. The molecule has 3 heterocycles. The van der Waals surface area contributed by atoms with Crippen LogP contribution in [0.3, 0.4) is 0 Å². The summed E-state index contributed by atoms with van der Waals surface area (Å²) in [7, 11) is 1.27. The van der Waals surface area contributed by atoms with Crippen molar-refractivity contribution in [3.8, 4) is 11.5 Å². The highest BCUT2D eigenvalue weighted by atomic mass is 35.5. The topological polar surface area (TPSA) is 128 Å². The van der Waals surface area contributed by atoms with Crippen molar-refractivity contribution in [1.29, 1.82) is 0 Å². The number of ketones is 1. The zero-order valence-corrected chi connectivity index (χ0v) is 24.9. The molecule has 1 atom stereocenters. The van der Waals surface area contributed by atoms with Crippen LogP contribution in [0.1, 0.15) is 33.1 Å². The summed E-state index contributed by atoms with van der Waals surface area (Å²) in [5, 5.41) is 20.7. The third kappa shape index (κ3) is 5.56. The second-order valence-electron chi connectivity index (χ2n) is 9.37. The number of thioether (sulfide) groups is 1. The van der Waals surface area contributed by atoms with E-state index in [1.165, 1.54) is 35.9 Å². The Bertz CT molecular complexity index is 1770. The molecule has 2 aliphatic rings. The molecule has 13 heteroatoms. The lowest BCUT2D eigenvalue weighted by Gasteiger charge is -2.23. The maximum absolute atomic E-state index is 13.6. The first kappa shape index (κ1) is 28.7. The molecule has 0 spiro atoms. The van der Waals surface area contributed by atoms with Gasteiger partial charge in [-0.15, -0.1) is 10.2 Å². The zero-order chi connectivity index (χ0) is 30.1. The van der Waals surface area contributed by atoms with Crippen molar-refractivity contribution >= 4 is 63.3 Å². The molecular formula is C30H22ClN3O7S2. The predicted molar refractivity (Wildman–Crippen MR) is 161 cm³/mol. The molecule has 43 heavy (non-hydrogen) atoms. The zero-order valence-electron chi connectivity index (χ0n) is 22.5. The van der Waals surface area contributed by atoms with Crippen LogP contribution in [0.15, 0.2) is 76.6 Å². The van der Waals surface area contributed by atoms with Crippen LogP contribution in [-0.4, -0.2) is 53.3 Å². The fourth-order valence-corrected chi connectivity index (χ4v) is 6.88. The molecule has 0 aliphatic carbocycles. The third-order valence-electron chi connectivity index (χ3n) is 6.82. The first-order chi connectivity index (χ1) is 20.9. The summed E-state index contributed by atoms with van der Waals surface area (Å²) < 4.78 is 16.6. The van der Waals surface area contributed by atoms with E-state index < -0.39 is 29.5 Å². The number of fused-ring (bicyclic) bond motifs is 1. The van der Waals surface area contributed by atoms with Gasteiger partial charge in [0.05, 0.1) is 24.3 Å². The number of amides is 1. The van der Waals surface area contributed by atoms with E-state index in [0.29, 0.717) is 45.4 Å². The molecule has 1 amide bonds. The molecule has 1 saturated heterocycles. The van der Waals surface area contributed by atoms with Gasteiger partial charge in [0.25, 0.3) is 5.78 Å². The Morgan fingerprint density at radius 2 is 1.77 bits per heavy atom. The normalized spacial score (nSPS) is 17.3. The first-order valence-corrected chi connectivity index (χ1v) is 15.1. The highest BCUT2D eigenvalue weighted by Gasteiger charge is 2.48. The van der Waals surface area contributed by atoms with Crippen molar-refractivity contribution in [3.63, 3.8) is 0 Å². The number of aromatic nitrogens is 2. The number of carbonyl (C=O) groups excluding carboxylic acids is 3. The van der Waals surface area contributed by atoms with E-state index in [9.17, 15) is 19.5 Å². The highest BCUT2D eigenvalue weighted by molar-refractivity contribution is 8.00. The number of halogens is 1. The molecule has 0 bridgehead atoms. The number of Topliss-reactive ketones (excluding diaryl/α,β-unsaturated/α-hetero) is 1. The number of aliphatic hydroxyl groups is 1. The standard InChI is InChI=1S/C30H22ClN3O7S2/c1-39-28(38)17-8-6-16(7-9-17)24-23(25(35)18-10-11-21-22(14-18)41-13-12-40-21)26(36)27(37)34(24)29-32-33-30(43-29)42-15-19-4-2-3-5-20(19)31/h2-11,14,24,35H,12-13,15H2,1H3/b25-23+/t24-/m1/s1. The molecule has 2 aliphatic heterocycles. The fourth-order valence-electron chi connectivity index (χ4n) is 4.72. The Hall–Kier alpha value is -4.39. The van der Waals surface area contributed by atoms with E-state index >= 15 is 0 Å². The van der Waals surface area contributed by atoms with Crippen molar-refractivity contribution in [2.24, 2.45) is 0 Å². The molecule has 1 aromatic heterocycles. The minimum Gasteiger partial charge on any atom is -0.507 e. The maximum Gasteiger partial charge on any atom is 0.337 e. The molecule has 1 N–H and O–H groups in total. The van der Waals surface area contributed by atoms with Crippen molar-refractivity contribution in [2.75, 3.05) is 25.2 Å². The summed E-state index contributed by atoms with van der Waals surface area (Å²) in [6.07, 6.45) is 0. The van der Waals surface area contributed by atoms with Gasteiger partial charge in [-0.1, -0.05) is 65.0 Å². The second-order valence-corrected chi connectivity index (χ2v) is 12.0. The largest absolute Gasteiger partial charge is 0.507 e. The number of anilines is 1. The number of aliphatic hydroxyl groups excluding tert-OH is 1. The smallest absolute Gasteiger partial charge is 0.337 e. The molecule has 218 valence electrons. The molecule has 4 aromatic rings. The number of carbonyl (C=O) groups is 3. The van der Waals surface area contributed by atoms with Crippen LogP contribution in [0.25, 0.3) is 5.76 Å². The molecule has 10 nitrogen and oxygen atoms in total.